The minimum Gasteiger partial charge on any atom is -0.319 e. The zero-order chi connectivity index (χ0) is 10.2. The van der Waals surface area contributed by atoms with Crippen molar-refractivity contribution in [2.24, 2.45) is 5.73 Å². The molecule has 1 aliphatic carbocycles. The lowest BCUT2D eigenvalue weighted by molar-refractivity contribution is -0.120. The molecule has 0 bridgehead atoms. The van der Waals surface area contributed by atoms with Crippen LogP contribution >= 0.6 is 0 Å². The molecule has 1 aromatic carbocycles. The van der Waals surface area contributed by atoms with Crippen molar-refractivity contribution in [1.29, 1.82) is 0 Å². The Morgan fingerprint density at radius 1 is 1.36 bits per heavy atom. The van der Waals surface area contributed by atoms with Gasteiger partial charge in [-0.25, -0.2) is 4.39 Å². The number of hydrogen-bond acceptors (Lipinski definition) is 2. The molecule has 2 N–H and O–H groups in total. The largest absolute Gasteiger partial charge is 0.319 e. The van der Waals surface area contributed by atoms with Gasteiger partial charge in [0.1, 0.15) is 5.82 Å². The molecule has 3 heteroatoms. The number of rotatable bonds is 3. The average molecular weight is 193 g/mol. The molecule has 2 rings (SSSR count). The van der Waals surface area contributed by atoms with Gasteiger partial charge in [0.15, 0.2) is 5.78 Å². The van der Waals surface area contributed by atoms with Crippen molar-refractivity contribution in [1.82, 2.24) is 0 Å². The summed E-state index contributed by atoms with van der Waals surface area (Å²) in [6.45, 7) is 0. The lowest BCUT2D eigenvalue weighted by Crippen LogP contribution is -2.33. The van der Waals surface area contributed by atoms with Crippen molar-refractivity contribution in [3.63, 3.8) is 0 Å². The van der Waals surface area contributed by atoms with Gasteiger partial charge >= 0.3 is 0 Å². The molecule has 1 saturated carbocycles. The molecule has 1 fully saturated rings. The maximum absolute atomic E-state index is 12.6. The second kappa shape index (κ2) is 3.17. The van der Waals surface area contributed by atoms with E-state index in [1.54, 1.807) is 12.1 Å². The van der Waals surface area contributed by atoms with Gasteiger partial charge in [-0.05, 0) is 30.5 Å². The van der Waals surface area contributed by atoms with E-state index in [9.17, 15) is 9.18 Å². The quantitative estimate of drug-likeness (QED) is 0.789. The van der Waals surface area contributed by atoms with Crippen LogP contribution in [0.15, 0.2) is 24.3 Å². The summed E-state index contributed by atoms with van der Waals surface area (Å²) in [4.78, 5) is 11.6. The maximum atomic E-state index is 12.6. The van der Waals surface area contributed by atoms with E-state index in [0.29, 0.717) is 6.42 Å². The molecule has 0 atom stereocenters. The third-order valence-electron chi connectivity index (χ3n) is 2.62. The van der Waals surface area contributed by atoms with Crippen LogP contribution in [0.5, 0.6) is 0 Å². The van der Waals surface area contributed by atoms with Crippen molar-refractivity contribution in [2.45, 2.75) is 24.8 Å². The molecular weight excluding hydrogens is 181 g/mol. The number of carbonyl (C=O) groups is 1. The van der Waals surface area contributed by atoms with Crippen LogP contribution in [0.4, 0.5) is 4.39 Å². The Morgan fingerprint density at radius 2 is 1.93 bits per heavy atom. The van der Waals surface area contributed by atoms with Crippen LogP contribution in [0.1, 0.15) is 18.4 Å². The molecule has 0 unspecified atom stereocenters. The van der Waals surface area contributed by atoms with E-state index in [-0.39, 0.29) is 11.6 Å². The Morgan fingerprint density at radius 3 is 2.43 bits per heavy atom. The third-order valence-corrected chi connectivity index (χ3v) is 2.62. The molecule has 0 amide bonds. The third kappa shape index (κ3) is 1.82. The number of Topliss-reactive ketones (excluding diaryl/α,β-unsaturated/α-hetero) is 1. The highest BCUT2D eigenvalue weighted by Crippen LogP contribution is 2.33. The zero-order valence-corrected chi connectivity index (χ0v) is 7.79. The first kappa shape index (κ1) is 9.34. The zero-order valence-electron chi connectivity index (χ0n) is 7.79. The fourth-order valence-electron chi connectivity index (χ4n) is 1.38. The van der Waals surface area contributed by atoms with E-state index in [1.165, 1.54) is 12.1 Å². The number of benzene rings is 1. The van der Waals surface area contributed by atoms with Gasteiger partial charge in [0, 0.05) is 6.42 Å². The van der Waals surface area contributed by atoms with Crippen LogP contribution in [0, 0.1) is 5.82 Å². The summed E-state index contributed by atoms with van der Waals surface area (Å²) in [6.07, 6.45) is 1.89. The Bertz CT molecular complexity index is 354. The maximum Gasteiger partial charge on any atom is 0.156 e. The van der Waals surface area contributed by atoms with E-state index in [1.807, 2.05) is 0 Å². The highest BCUT2D eigenvalue weighted by Gasteiger charge is 2.44. The fourth-order valence-corrected chi connectivity index (χ4v) is 1.38. The molecule has 1 aliphatic rings. The SMILES string of the molecule is NC1(C(=O)Cc2ccc(F)cc2)CC1. The molecule has 0 aromatic heterocycles. The van der Waals surface area contributed by atoms with Gasteiger partial charge in [0.25, 0.3) is 0 Å². The molecule has 74 valence electrons. The van der Waals surface area contributed by atoms with Crippen molar-refractivity contribution >= 4 is 5.78 Å². The van der Waals surface area contributed by atoms with Crippen LogP contribution in [-0.4, -0.2) is 11.3 Å². The Hall–Kier alpha value is -1.22. The summed E-state index contributed by atoms with van der Waals surface area (Å²) in [5, 5.41) is 0. The predicted octanol–water partition coefficient (Wildman–Crippen LogP) is 1.43. The van der Waals surface area contributed by atoms with Gasteiger partial charge in [-0.15, -0.1) is 0 Å². The molecule has 14 heavy (non-hydrogen) atoms. The van der Waals surface area contributed by atoms with Crippen LogP contribution < -0.4 is 5.73 Å². The van der Waals surface area contributed by atoms with E-state index in [4.69, 9.17) is 5.73 Å². The van der Waals surface area contributed by atoms with Crippen LogP contribution in [0.25, 0.3) is 0 Å². The lowest BCUT2D eigenvalue weighted by atomic mass is 10.0. The van der Waals surface area contributed by atoms with Gasteiger partial charge in [-0.1, -0.05) is 12.1 Å². The molecular formula is C11H12FNO. The predicted molar refractivity (Wildman–Crippen MR) is 51.3 cm³/mol. The fraction of sp³-hybridized carbons (Fsp3) is 0.364. The van der Waals surface area contributed by atoms with Crippen molar-refractivity contribution in [3.8, 4) is 0 Å². The van der Waals surface area contributed by atoms with Gasteiger partial charge < -0.3 is 5.73 Å². The minimum atomic E-state index is -0.575. The normalized spacial score (nSPS) is 17.9. The monoisotopic (exact) mass is 193 g/mol. The van der Waals surface area contributed by atoms with Gasteiger partial charge in [0.05, 0.1) is 5.54 Å². The summed E-state index contributed by atoms with van der Waals surface area (Å²) >= 11 is 0. The first-order valence-corrected chi connectivity index (χ1v) is 4.67. The summed E-state index contributed by atoms with van der Waals surface area (Å²) in [6, 6.07) is 5.97. The van der Waals surface area contributed by atoms with E-state index >= 15 is 0 Å². The summed E-state index contributed by atoms with van der Waals surface area (Å²) in [7, 11) is 0. The van der Waals surface area contributed by atoms with Crippen LogP contribution in [0.2, 0.25) is 0 Å². The summed E-state index contributed by atoms with van der Waals surface area (Å²) in [5.74, 6) is -0.223. The van der Waals surface area contributed by atoms with Gasteiger partial charge in [-0.3, -0.25) is 4.79 Å². The summed E-state index contributed by atoms with van der Waals surface area (Å²) < 4.78 is 12.6. The number of nitrogens with two attached hydrogens (primary N) is 1. The van der Waals surface area contributed by atoms with E-state index < -0.39 is 5.54 Å². The first-order chi connectivity index (χ1) is 6.60. The second-order valence-corrected chi connectivity index (χ2v) is 3.88. The van der Waals surface area contributed by atoms with Gasteiger partial charge in [-0.2, -0.15) is 0 Å². The number of carbonyl (C=O) groups excluding carboxylic acids is 1. The number of ketones is 1. The van der Waals surface area contributed by atoms with E-state index in [2.05, 4.69) is 0 Å². The van der Waals surface area contributed by atoms with Crippen molar-refractivity contribution in [2.75, 3.05) is 0 Å². The van der Waals surface area contributed by atoms with Gasteiger partial charge in [0.2, 0.25) is 0 Å². The first-order valence-electron chi connectivity index (χ1n) is 4.67. The second-order valence-electron chi connectivity index (χ2n) is 3.88. The molecule has 0 radical (unpaired) electrons. The van der Waals surface area contributed by atoms with Crippen molar-refractivity contribution in [3.05, 3.63) is 35.6 Å². The molecule has 2 nitrogen and oxygen atoms in total. The lowest BCUT2D eigenvalue weighted by Gasteiger charge is -2.06. The molecule has 1 aromatic rings. The van der Waals surface area contributed by atoms with Crippen molar-refractivity contribution < 1.29 is 9.18 Å². The molecule has 0 aliphatic heterocycles. The average Bonchev–Trinajstić information content (AvgIpc) is 2.89. The number of halogens is 1. The molecule has 0 spiro atoms. The Kier molecular flexibility index (Phi) is 2.11. The van der Waals surface area contributed by atoms with Crippen LogP contribution in [-0.2, 0) is 11.2 Å². The Balaban J connectivity index is 2.04. The highest BCUT2D eigenvalue weighted by atomic mass is 19.1. The standard InChI is InChI=1S/C11H12FNO/c12-9-3-1-8(2-4-9)7-10(14)11(13)5-6-11/h1-4H,5-7,13H2. The molecule has 0 heterocycles. The van der Waals surface area contributed by atoms with E-state index in [0.717, 1.165) is 18.4 Å². The van der Waals surface area contributed by atoms with Crippen LogP contribution in [0.3, 0.4) is 0 Å². The number of hydrogen-bond donors (Lipinski definition) is 1. The molecule has 0 saturated heterocycles. The summed E-state index contributed by atoms with van der Waals surface area (Å²) in [5.41, 5.74) is 6.00. The topological polar surface area (TPSA) is 43.1 Å². The Labute approximate surface area is 81.9 Å². The highest BCUT2D eigenvalue weighted by molar-refractivity contribution is 5.92. The smallest absolute Gasteiger partial charge is 0.156 e. The minimum absolute atomic E-state index is 0.0594.